The molecule has 0 unspecified atom stereocenters. The first-order valence-corrected chi connectivity index (χ1v) is 3.60. The van der Waals surface area contributed by atoms with Crippen molar-refractivity contribution in [3.05, 3.63) is 0 Å². The topological polar surface area (TPSA) is 47.3 Å². The summed E-state index contributed by atoms with van der Waals surface area (Å²) >= 11 is 0. The molecule has 1 heterocycles. The fourth-order valence-electron chi connectivity index (χ4n) is 1.16. The van der Waals surface area contributed by atoms with Crippen molar-refractivity contribution in [2.75, 3.05) is 13.1 Å². The monoisotopic (exact) mass is 166 g/mol. The molecule has 2 atom stereocenters. The maximum atomic E-state index is 11.7. The van der Waals surface area contributed by atoms with Crippen molar-refractivity contribution in [1.29, 1.82) is 0 Å². The van der Waals surface area contributed by atoms with Gasteiger partial charge in [0.15, 0.2) is 0 Å². The van der Waals surface area contributed by atoms with E-state index in [1.54, 1.807) is 0 Å². The van der Waals surface area contributed by atoms with Gasteiger partial charge in [-0.1, -0.05) is 0 Å². The highest BCUT2D eigenvalue weighted by Gasteiger charge is 2.24. The minimum absolute atomic E-state index is 0.308. The van der Waals surface area contributed by atoms with E-state index in [4.69, 9.17) is 5.73 Å². The second kappa shape index (κ2) is 3.94. The van der Waals surface area contributed by atoms with Gasteiger partial charge in [0.05, 0.1) is 6.10 Å². The van der Waals surface area contributed by atoms with E-state index in [-0.39, 0.29) is 6.04 Å². The fraction of sp³-hybridized carbons (Fsp3) is 1.00. The summed E-state index contributed by atoms with van der Waals surface area (Å²) in [5.74, 6) is 0. The zero-order chi connectivity index (χ0) is 8.27. The number of halogens is 2. The van der Waals surface area contributed by atoms with E-state index < -0.39 is 12.7 Å². The first kappa shape index (κ1) is 8.83. The van der Waals surface area contributed by atoms with Crippen molar-refractivity contribution in [3.8, 4) is 0 Å². The second-order valence-electron chi connectivity index (χ2n) is 2.59. The number of hydrogen-bond donors (Lipinski definition) is 2. The van der Waals surface area contributed by atoms with Gasteiger partial charge in [0.2, 0.25) is 0 Å². The quantitative estimate of drug-likeness (QED) is 0.603. The smallest absolute Gasteiger partial charge is 0.324 e. The Bertz CT molecular complexity index is 123. The van der Waals surface area contributed by atoms with Gasteiger partial charge in [0.1, 0.15) is 0 Å². The molecular weight excluding hydrogens is 154 g/mol. The van der Waals surface area contributed by atoms with E-state index in [9.17, 15) is 8.78 Å². The summed E-state index contributed by atoms with van der Waals surface area (Å²) in [6, 6.07) is -0.308. The van der Waals surface area contributed by atoms with Gasteiger partial charge in [-0.15, -0.1) is 0 Å². The van der Waals surface area contributed by atoms with Crippen LogP contribution in [0.2, 0.25) is 0 Å². The third-order valence-corrected chi connectivity index (χ3v) is 1.74. The normalized spacial score (nSPS) is 32.7. The number of nitrogens with two attached hydrogens (primary N) is 1. The van der Waals surface area contributed by atoms with E-state index in [0.717, 1.165) is 0 Å². The lowest BCUT2D eigenvalue weighted by atomic mass is 10.1. The van der Waals surface area contributed by atoms with Crippen molar-refractivity contribution in [2.45, 2.75) is 25.2 Å². The molecular formula is C6H12F2N2O. The van der Waals surface area contributed by atoms with Crippen molar-refractivity contribution in [2.24, 2.45) is 5.73 Å². The third kappa shape index (κ3) is 2.69. The predicted octanol–water partition coefficient (Wildman–Crippen LogP) is -0.0852. The molecule has 66 valence electrons. The van der Waals surface area contributed by atoms with Crippen LogP contribution >= 0.6 is 0 Å². The minimum atomic E-state index is -2.70. The van der Waals surface area contributed by atoms with Crippen LogP contribution in [0.3, 0.4) is 0 Å². The molecule has 0 aliphatic carbocycles. The van der Waals surface area contributed by atoms with Crippen LogP contribution in [0.4, 0.5) is 8.78 Å². The van der Waals surface area contributed by atoms with Crippen LogP contribution in [0, 0.1) is 0 Å². The van der Waals surface area contributed by atoms with Gasteiger partial charge in [-0.25, -0.2) is 0 Å². The van der Waals surface area contributed by atoms with Crippen LogP contribution in [0.5, 0.6) is 0 Å². The molecule has 1 rings (SSSR count). The molecule has 1 aliphatic rings. The van der Waals surface area contributed by atoms with Crippen molar-refractivity contribution < 1.29 is 13.5 Å². The Morgan fingerprint density at radius 2 is 2.27 bits per heavy atom. The van der Waals surface area contributed by atoms with Crippen LogP contribution in [-0.2, 0) is 4.74 Å². The van der Waals surface area contributed by atoms with E-state index in [1.807, 2.05) is 0 Å². The summed E-state index contributed by atoms with van der Waals surface area (Å²) in [5.41, 5.74) is 5.51. The first-order chi connectivity index (χ1) is 5.20. The predicted molar refractivity (Wildman–Crippen MR) is 36.3 cm³/mol. The molecule has 3 nitrogen and oxygen atoms in total. The third-order valence-electron chi connectivity index (χ3n) is 1.74. The number of rotatable bonds is 2. The van der Waals surface area contributed by atoms with Crippen LogP contribution < -0.4 is 11.1 Å². The van der Waals surface area contributed by atoms with Gasteiger partial charge in [0, 0.05) is 12.6 Å². The Balaban J connectivity index is 2.29. The number of alkyl halides is 2. The standard InChI is InChI=1S/C6H12F2N2O/c7-6(8)11-5-1-2-10-3-4(5)9/h4-6,10H,1-3,9H2/t4-,5+/m0/s1. The first-order valence-electron chi connectivity index (χ1n) is 3.60. The SMILES string of the molecule is N[C@H]1CNCC[C@H]1OC(F)F. The summed E-state index contributed by atoms with van der Waals surface area (Å²) in [5, 5.41) is 2.99. The molecule has 0 amide bonds. The molecule has 0 radical (unpaired) electrons. The molecule has 1 aliphatic heterocycles. The Morgan fingerprint density at radius 3 is 2.82 bits per heavy atom. The molecule has 0 bridgehead atoms. The summed E-state index contributed by atoms with van der Waals surface area (Å²) in [6.07, 6.45) is 0.0714. The number of hydrogen-bond acceptors (Lipinski definition) is 3. The summed E-state index contributed by atoms with van der Waals surface area (Å²) in [7, 11) is 0. The summed E-state index contributed by atoms with van der Waals surface area (Å²) in [4.78, 5) is 0. The molecule has 11 heavy (non-hydrogen) atoms. The molecule has 0 aromatic heterocycles. The van der Waals surface area contributed by atoms with Gasteiger partial charge in [0.25, 0.3) is 0 Å². The molecule has 0 saturated carbocycles. The number of piperidine rings is 1. The van der Waals surface area contributed by atoms with E-state index >= 15 is 0 Å². The van der Waals surface area contributed by atoms with Crippen LogP contribution in [0.15, 0.2) is 0 Å². The Hall–Kier alpha value is -0.260. The van der Waals surface area contributed by atoms with E-state index in [0.29, 0.717) is 19.5 Å². The molecule has 0 aromatic rings. The average molecular weight is 166 g/mol. The van der Waals surface area contributed by atoms with Crippen LogP contribution in [-0.4, -0.2) is 31.8 Å². The maximum Gasteiger partial charge on any atom is 0.345 e. The van der Waals surface area contributed by atoms with Crippen molar-refractivity contribution in [1.82, 2.24) is 5.32 Å². The second-order valence-corrected chi connectivity index (χ2v) is 2.59. The van der Waals surface area contributed by atoms with E-state index in [1.165, 1.54) is 0 Å². The van der Waals surface area contributed by atoms with Crippen molar-refractivity contribution >= 4 is 0 Å². The Kier molecular flexibility index (Phi) is 3.16. The fourth-order valence-corrected chi connectivity index (χ4v) is 1.16. The summed E-state index contributed by atoms with van der Waals surface area (Å²) < 4.78 is 27.7. The van der Waals surface area contributed by atoms with E-state index in [2.05, 4.69) is 10.1 Å². The number of nitrogens with one attached hydrogen (secondary N) is 1. The summed E-state index contributed by atoms with van der Waals surface area (Å²) in [6.45, 7) is -1.45. The van der Waals surface area contributed by atoms with Crippen LogP contribution in [0.1, 0.15) is 6.42 Å². The van der Waals surface area contributed by atoms with Gasteiger partial charge in [-0.2, -0.15) is 8.78 Å². The molecule has 0 aromatic carbocycles. The average Bonchev–Trinajstić information content (AvgIpc) is 1.93. The van der Waals surface area contributed by atoms with Crippen LogP contribution in [0.25, 0.3) is 0 Å². The highest BCUT2D eigenvalue weighted by Crippen LogP contribution is 2.10. The molecule has 1 saturated heterocycles. The van der Waals surface area contributed by atoms with Gasteiger partial charge < -0.3 is 15.8 Å². The van der Waals surface area contributed by atoms with Gasteiger partial charge in [-0.05, 0) is 13.0 Å². The lowest BCUT2D eigenvalue weighted by Crippen LogP contribution is -2.50. The highest BCUT2D eigenvalue weighted by molar-refractivity contribution is 4.81. The minimum Gasteiger partial charge on any atom is -0.324 e. The maximum absolute atomic E-state index is 11.7. The largest absolute Gasteiger partial charge is 0.345 e. The lowest BCUT2D eigenvalue weighted by molar-refractivity contribution is -0.171. The number of ether oxygens (including phenoxy) is 1. The molecule has 0 spiro atoms. The lowest BCUT2D eigenvalue weighted by Gasteiger charge is -2.28. The molecule has 1 fully saturated rings. The van der Waals surface area contributed by atoms with Crippen molar-refractivity contribution in [3.63, 3.8) is 0 Å². The molecule has 5 heteroatoms. The highest BCUT2D eigenvalue weighted by atomic mass is 19.3. The Labute approximate surface area is 63.9 Å². The molecule has 3 N–H and O–H groups in total. The zero-order valence-corrected chi connectivity index (χ0v) is 6.09. The Morgan fingerprint density at radius 1 is 1.55 bits per heavy atom. The van der Waals surface area contributed by atoms with Gasteiger partial charge >= 0.3 is 6.61 Å². The van der Waals surface area contributed by atoms with Gasteiger partial charge in [-0.3, -0.25) is 0 Å². The zero-order valence-electron chi connectivity index (χ0n) is 6.09.